The topological polar surface area (TPSA) is 104 Å². The Balaban J connectivity index is 1.55. The van der Waals surface area contributed by atoms with E-state index in [4.69, 9.17) is 4.74 Å². The van der Waals surface area contributed by atoms with Crippen LogP contribution in [0, 0.1) is 0 Å². The predicted octanol–water partition coefficient (Wildman–Crippen LogP) is -0.362. The molecule has 2 aliphatic rings. The van der Waals surface area contributed by atoms with E-state index in [9.17, 15) is 13.2 Å². The molecule has 0 unspecified atom stereocenters. The molecule has 0 radical (unpaired) electrons. The van der Waals surface area contributed by atoms with Crippen LogP contribution in [0.25, 0.3) is 0 Å². The van der Waals surface area contributed by atoms with Crippen molar-refractivity contribution in [2.24, 2.45) is 0 Å². The third-order valence-electron chi connectivity index (χ3n) is 4.01. The zero-order chi connectivity index (χ0) is 15.6. The molecule has 0 bridgehead atoms. The summed E-state index contributed by atoms with van der Waals surface area (Å²) in [5.41, 5.74) is 1.99. The van der Waals surface area contributed by atoms with E-state index in [1.165, 1.54) is 4.31 Å². The van der Waals surface area contributed by atoms with Crippen LogP contribution >= 0.6 is 0 Å². The first kappa shape index (κ1) is 15.4. The minimum Gasteiger partial charge on any atom is -0.376 e. The summed E-state index contributed by atoms with van der Waals surface area (Å²) in [7, 11) is -3.28. The number of nitrogens with one attached hydrogen (secondary N) is 2. The summed E-state index contributed by atoms with van der Waals surface area (Å²) in [4.78, 5) is 12.1. The molecule has 22 heavy (non-hydrogen) atoms. The monoisotopic (exact) mass is 328 g/mol. The predicted molar refractivity (Wildman–Crippen MR) is 78.9 cm³/mol. The SMILES string of the molecule is O=C(NCCS(=O)(=O)N1CCCC1)c1n[nH]c2c1COCC2. The van der Waals surface area contributed by atoms with Gasteiger partial charge in [0.05, 0.1) is 19.0 Å². The van der Waals surface area contributed by atoms with Gasteiger partial charge < -0.3 is 10.1 Å². The fourth-order valence-corrected chi connectivity index (χ4v) is 4.21. The molecule has 0 atom stereocenters. The standard InChI is InChI=1S/C13H20N4O4S/c18-13(12-10-9-21-7-3-11(10)15-16-12)14-4-8-22(19,20)17-5-1-2-6-17/h1-9H2,(H,14,18)(H,15,16). The number of aromatic nitrogens is 2. The largest absolute Gasteiger partial charge is 0.376 e. The molecule has 2 aliphatic heterocycles. The normalized spacial score (nSPS) is 19.1. The van der Waals surface area contributed by atoms with Gasteiger partial charge in [0, 0.05) is 37.3 Å². The second-order valence-electron chi connectivity index (χ2n) is 5.51. The highest BCUT2D eigenvalue weighted by Crippen LogP contribution is 2.18. The van der Waals surface area contributed by atoms with Gasteiger partial charge in [0.2, 0.25) is 10.0 Å². The molecule has 1 fully saturated rings. The maximum Gasteiger partial charge on any atom is 0.272 e. The Labute approximate surface area is 129 Å². The molecule has 1 aromatic rings. The number of sulfonamides is 1. The van der Waals surface area contributed by atoms with E-state index in [2.05, 4.69) is 15.5 Å². The molecule has 0 spiro atoms. The summed E-state index contributed by atoms with van der Waals surface area (Å²) in [6, 6.07) is 0. The highest BCUT2D eigenvalue weighted by atomic mass is 32.2. The maximum absolute atomic E-state index is 12.1. The van der Waals surface area contributed by atoms with Crippen molar-refractivity contribution in [1.29, 1.82) is 0 Å². The van der Waals surface area contributed by atoms with Crippen LogP contribution in [0.2, 0.25) is 0 Å². The van der Waals surface area contributed by atoms with E-state index in [1.807, 2.05) is 0 Å². The van der Waals surface area contributed by atoms with E-state index in [0.29, 0.717) is 38.4 Å². The summed E-state index contributed by atoms with van der Waals surface area (Å²) in [6.45, 7) is 2.23. The highest BCUT2D eigenvalue weighted by Gasteiger charge is 2.26. The number of fused-ring (bicyclic) bond motifs is 1. The molecule has 0 aromatic carbocycles. The number of aromatic amines is 1. The Bertz CT molecular complexity index is 649. The van der Waals surface area contributed by atoms with E-state index >= 15 is 0 Å². The van der Waals surface area contributed by atoms with Crippen molar-refractivity contribution in [2.45, 2.75) is 25.9 Å². The quantitative estimate of drug-likeness (QED) is 0.768. The van der Waals surface area contributed by atoms with Gasteiger partial charge in [-0.2, -0.15) is 5.10 Å². The first-order valence-corrected chi connectivity index (χ1v) is 9.09. The number of carbonyl (C=O) groups excluding carboxylic acids is 1. The molecule has 1 saturated heterocycles. The third-order valence-corrected chi connectivity index (χ3v) is 5.89. The van der Waals surface area contributed by atoms with Crippen LogP contribution in [0.15, 0.2) is 0 Å². The molecule has 0 saturated carbocycles. The minimum absolute atomic E-state index is 0.0815. The van der Waals surface area contributed by atoms with Gasteiger partial charge in [-0.3, -0.25) is 9.89 Å². The Morgan fingerprint density at radius 3 is 2.91 bits per heavy atom. The first-order valence-electron chi connectivity index (χ1n) is 7.48. The molecule has 122 valence electrons. The van der Waals surface area contributed by atoms with E-state index in [-0.39, 0.29) is 18.2 Å². The van der Waals surface area contributed by atoms with E-state index < -0.39 is 10.0 Å². The van der Waals surface area contributed by atoms with Crippen molar-refractivity contribution < 1.29 is 17.9 Å². The lowest BCUT2D eigenvalue weighted by atomic mass is 10.1. The molecule has 9 heteroatoms. The van der Waals surface area contributed by atoms with Gasteiger partial charge in [0.25, 0.3) is 5.91 Å². The Kier molecular flexibility index (Phi) is 4.46. The number of H-pyrrole nitrogens is 1. The number of hydrogen-bond acceptors (Lipinski definition) is 5. The van der Waals surface area contributed by atoms with Crippen LogP contribution in [0.3, 0.4) is 0 Å². The van der Waals surface area contributed by atoms with Crippen molar-refractivity contribution in [3.8, 4) is 0 Å². The number of ether oxygens (including phenoxy) is 1. The fraction of sp³-hybridized carbons (Fsp3) is 0.692. The number of rotatable bonds is 5. The Morgan fingerprint density at radius 2 is 2.14 bits per heavy atom. The van der Waals surface area contributed by atoms with Crippen LogP contribution in [-0.4, -0.2) is 60.8 Å². The second kappa shape index (κ2) is 6.35. The van der Waals surface area contributed by atoms with Crippen molar-refractivity contribution >= 4 is 15.9 Å². The van der Waals surface area contributed by atoms with Crippen molar-refractivity contribution in [2.75, 3.05) is 32.0 Å². The van der Waals surface area contributed by atoms with Crippen molar-refractivity contribution in [1.82, 2.24) is 19.8 Å². The average molecular weight is 328 g/mol. The van der Waals surface area contributed by atoms with Crippen LogP contribution in [-0.2, 0) is 27.8 Å². The molecule has 1 aromatic heterocycles. The van der Waals surface area contributed by atoms with Gasteiger partial charge in [-0.25, -0.2) is 12.7 Å². The number of nitrogens with zero attached hydrogens (tertiary/aromatic N) is 2. The summed E-state index contributed by atoms with van der Waals surface area (Å²) >= 11 is 0. The van der Waals surface area contributed by atoms with Crippen LogP contribution < -0.4 is 5.32 Å². The zero-order valence-electron chi connectivity index (χ0n) is 12.3. The maximum atomic E-state index is 12.1. The fourth-order valence-electron chi connectivity index (χ4n) is 2.77. The molecular weight excluding hydrogens is 308 g/mol. The molecule has 1 amide bonds. The van der Waals surface area contributed by atoms with Crippen molar-refractivity contribution in [3.05, 3.63) is 17.0 Å². The van der Waals surface area contributed by atoms with Crippen molar-refractivity contribution in [3.63, 3.8) is 0 Å². The minimum atomic E-state index is -3.28. The summed E-state index contributed by atoms with van der Waals surface area (Å²) in [6.07, 6.45) is 2.52. The average Bonchev–Trinajstić information content (AvgIpc) is 3.17. The summed E-state index contributed by atoms with van der Waals surface area (Å²) < 4.78 is 31.0. The Hall–Kier alpha value is -1.45. The molecule has 2 N–H and O–H groups in total. The van der Waals surface area contributed by atoms with Crippen LogP contribution in [0.1, 0.15) is 34.6 Å². The lowest BCUT2D eigenvalue weighted by Crippen LogP contribution is -2.36. The third kappa shape index (κ3) is 3.16. The van der Waals surface area contributed by atoms with Gasteiger partial charge >= 0.3 is 0 Å². The Morgan fingerprint density at radius 1 is 1.36 bits per heavy atom. The van der Waals surface area contributed by atoms with Gasteiger partial charge in [-0.15, -0.1) is 0 Å². The van der Waals surface area contributed by atoms with Gasteiger partial charge in [-0.1, -0.05) is 0 Å². The van der Waals surface area contributed by atoms with Gasteiger partial charge in [-0.05, 0) is 12.8 Å². The number of carbonyl (C=O) groups is 1. The summed E-state index contributed by atoms with van der Waals surface area (Å²) in [5, 5.41) is 9.49. The second-order valence-corrected chi connectivity index (χ2v) is 7.60. The smallest absolute Gasteiger partial charge is 0.272 e. The van der Waals surface area contributed by atoms with E-state index in [0.717, 1.165) is 24.1 Å². The van der Waals surface area contributed by atoms with E-state index in [1.54, 1.807) is 0 Å². The van der Waals surface area contributed by atoms with Crippen LogP contribution in [0.5, 0.6) is 0 Å². The lowest BCUT2D eigenvalue weighted by molar-refractivity contribution is 0.0927. The first-order chi connectivity index (χ1) is 10.6. The van der Waals surface area contributed by atoms with Crippen LogP contribution in [0.4, 0.5) is 0 Å². The summed E-state index contributed by atoms with van der Waals surface area (Å²) in [5.74, 6) is -0.443. The molecular formula is C13H20N4O4S. The number of amides is 1. The molecule has 3 heterocycles. The molecule has 3 rings (SSSR count). The van der Waals surface area contributed by atoms with Gasteiger partial charge in [0.1, 0.15) is 0 Å². The zero-order valence-corrected chi connectivity index (χ0v) is 13.1. The number of hydrogen-bond donors (Lipinski definition) is 2. The lowest BCUT2D eigenvalue weighted by Gasteiger charge is -2.15. The van der Waals surface area contributed by atoms with Gasteiger partial charge in [0.15, 0.2) is 5.69 Å². The highest BCUT2D eigenvalue weighted by molar-refractivity contribution is 7.89. The molecule has 0 aliphatic carbocycles. The molecule has 8 nitrogen and oxygen atoms in total.